The highest BCUT2D eigenvalue weighted by atomic mass is 19.2. The average Bonchev–Trinajstić information content (AvgIpc) is 2.22. The van der Waals surface area contributed by atoms with Gasteiger partial charge in [0.25, 0.3) is 0 Å². The van der Waals surface area contributed by atoms with Gasteiger partial charge in [0, 0.05) is 6.04 Å². The van der Waals surface area contributed by atoms with Crippen molar-refractivity contribution in [2.24, 2.45) is 5.92 Å². The van der Waals surface area contributed by atoms with Crippen LogP contribution in [0.3, 0.4) is 0 Å². The van der Waals surface area contributed by atoms with Gasteiger partial charge in [0.05, 0.1) is 0 Å². The van der Waals surface area contributed by atoms with Crippen molar-refractivity contribution in [1.82, 2.24) is 5.32 Å². The maximum atomic E-state index is 13.0. The summed E-state index contributed by atoms with van der Waals surface area (Å²) in [5.74, 6) is -1.09. The number of rotatable bonds is 5. The normalized spacial score (nSPS) is 13.1. The molecule has 1 N–H and O–H groups in total. The summed E-state index contributed by atoms with van der Waals surface area (Å²) in [4.78, 5) is 0. The maximum absolute atomic E-state index is 13.0. The predicted molar refractivity (Wildman–Crippen MR) is 62.4 cm³/mol. The molecule has 1 rings (SSSR count). The molecular formula is C13H19F2N. The van der Waals surface area contributed by atoms with E-state index in [4.69, 9.17) is 0 Å². The maximum Gasteiger partial charge on any atom is 0.159 e. The van der Waals surface area contributed by atoms with Crippen molar-refractivity contribution < 1.29 is 8.78 Å². The molecule has 1 aromatic rings. The zero-order valence-corrected chi connectivity index (χ0v) is 10.1. The molecule has 90 valence electrons. The van der Waals surface area contributed by atoms with Crippen molar-refractivity contribution in [2.75, 3.05) is 6.54 Å². The number of nitrogens with one attached hydrogen (secondary N) is 1. The number of hydrogen-bond donors (Lipinski definition) is 1. The Kier molecular flexibility index (Phi) is 4.87. The molecule has 0 aliphatic rings. The van der Waals surface area contributed by atoms with E-state index in [1.165, 1.54) is 12.1 Å². The molecule has 0 radical (unpaired) electrons. The van der Waals surface area contributed by atoms with E-state index in [9.17, 15) is 8.78 Å². The third-order valence-corrected chi connectivity index (χ3v) is 2.71. The van der Waals surface area contributed by atoms with Gasteiger partial charge < -0.3 is 5.32 Å². The second kappa shape index (κ2) is 5.94. The molecule has 0 aliphatic heterocycles. The molecule has 0 saturated heterocycles. The van der Waals surface area contributed by atoms with Gasteiger partial charge in [0.2, 0.25) is 0 Å². The fourth-order valence-electron chi connectivity index (χ4n) is 1.73. The van der Waals surface area contributed by atoms with Crippen LogP contribution in [0.25, 0.3) is 0 Å². The first kappa shape index (κ1) is 13.1. The minimum atomic E-state index is -0.784. The van der Waals surface area contributed by atoms with E-state index < -0.39 is 11.6 Å². The second-order valence-electron chi connectivity index (χ2n) is 4.36. The first-order valence-corrected chi connectivity index (χ1v) is 5.72. The van der Waals surface area contributed by atoms with E-state index >= 15 is 0 Å². The van der Waals surface area contributed by atoms with Gasteiger partial charge in [-0.25, -0.2) is 8.78 Å². The predicted octanol–water partition coefficient (Wildman–Crippen LogP) is 3.14. The number of benzene rings is 1. The second-order valence-corrected chi connectivity index (χ2v) is 4.36. The Bertz CT molecular complexity index is 337. The van der Waals surface area contributed by atoms with Gasteiger partial charge in [-0.05, 0) is 36.6 Å². The molecule has 0 spiro atoms. The van der Waals surface area contributed by atoms with Crippen molar-refractivity contribution in [1.29, 1.82) is 0 Å². The monoisotopic (exact) mass is 227 g/mol. The van der Waals surface area contributed by atoms with Crippen LogP contribution >= 0.6 is 0 Å². The molecule has 1 unspecified atom stereocenters. The number of likely N-dealkylation sites (N-methyl/N-ethyl adjacent to an activating group) is 1. The van der Waals surface area contributed by atoms with E-state index in [1.54, 1.807) is 6.07 Å². The Labute approximate surface area is 95.9 Å². The van der Waals surface area contributed by atoms with Crippen LogP contribution in [0, 0.1) is 17.6 Å². The summed E-state index contributed by atoms with van der Waals surface area (Å²) in [6.45, 7) is 7.16. The molecular weight excluding hydrogens is 208 g/mol. The Morgan fingerprint density at radius 2 is 1.88 bits per heavy atom. The van der Waals surface area contributed by atoms with Gasteiger partial charge in [-0.3, -0.25) is 0 Å². The standard InChI is InChI=1S/C13H19F2N/c1-4-16-13(9(2)3)8-10-5-6-11(14)12(15)7-10/h5-7,9,13,16H,4,8H2,1-3H3. The zero-order valence-electron chi connectivity index (χ0n) is 10.1. The Morgan fingerprint density at radius 3 is 2.38 bits per heavy atom. The lowest BCUT2D eigenvalue weighted by atomic mass is 9.96. The van der Waals surface area contributed by atoms with E-state index in [0.717, 1.165) is 18.5 Å². The highest BCUT2D eigenvalue weighted by Gasteiger charge is 2.13. The smallest absolute Gasteiger partial charge is 0.159 e. The van der Waals surface area contributed by atoms with E-state index in [0.29, 0.717) is 12.0 Å². The van der Waals surface area contributed by atoms with Gasteiger partial charge in [0.15, 0.2) is 11.6 Å². The van der Waals surface area contributed by atoms with Crippen LogP contribution in [0.4, 0.5) is 8.78 Å². The Hall–Kier alpha value is -0.960. The van der Waals surface area contributed by atoms with Gasteiger partial charge in [-0.2, -0.15) is 0 Å². The van der Waals surface area contributed by atoms with Crippen molar-refractivity contribution >= 4 is 0 Å². The number of halogens is 2. The van der Waals surface area contributed by atoms with Crippen LogP contribution in [0.2, 0.25) is 0 Å². The summed E-state index contributed by atoms with van der Waals surface area (Å²) in [6, 6.07) is 4.41. The molecule has 3 heteroatoms. The minimum Gasteiger partial charge on any atom is -0.314 e. The minimum absolute atomic E-state index is 0.301. The zero-order chi connectivity index (χ0) is 12.1. The molecule has 1 aromatic carbocycles. The molecule has 0 aliphatic carbocycles. The first-order chi connectivity index (χ1) is 7.54. The summed E-state index contributed by atoms with van der Waals surface area (Å²) in [6.07, 6.45) is 0.725. The van der Waals surface area contributed by atoms with Gasteiger partial charge in [0.1, 0.15) is 0 Å². The van der Waals surface area contributed by atoms with E-state index in [-0.39, 0.29) is 0 Å². The Balaban J connectivity index is 2.73. The van der Waals surface area contributed by atoms with Crippen molar-refractivity contribution in [3.05, 3.63) is 35.4 Å². The Morgan fingerprint density at radius 1 is 1.19 bits per heavy atom. The fourth-order valence-corrected chi connectivity index (χ4v) is 1.73. The molecule has 0 bridgehead atoms. The summed E-state index contributed by atoms with van der Waals surface area (Å²) in [5, 5.41) is 3.35. The fraction of sp³-hybridized carbons (Fsp3) is 0.538. The van der Waals surface area contributed by atoms with Crippen LogP contribution in [0.1, 0.15) is 26.3 Å². The lowest BCUT2D eigenvalue weighted by molar-refractivity contribution is 0.404. The van der Waals surface area contributed by atoms with Crippen LogP contribution in [-0.4, -0.2) is 12.6 Å². The quantitative estimate of drug-likeness (QED) is 0.814. The van der Waals surface area contributed by atoms with Gasteiger partial charge in [-0.1, -0.05) is 26.8 Å². The van der Waals surface area contributed by atoms with Crippen molar-refractivity contribution in [3.8, 4) is 0 Å². The SMILES string of the molecule is CCNC(Cc1ccc(F)c(F)c1)C(C)C. The molecule has 0 fully saturated rings. The summed E-state index contributed by atoms with van der Waals surface area (Å²) in [5.41, 5.74) is 0.832. The highest BCUT2D eigenvalue weighted by molar-refractivity contribution is 5.19. The largest absolute Gasteiger partial charge is 0.314 e. The first-order valence-electron chi connectivity index (χ1n) is 5.72. The van der Waals surface area contributed by atoms with Crippen LogP contribution in [-0.2, 0) is 6.42 Å². The van der Waals surface area contributed by atoms with E-state index in [2.05, 4.69) is 19.2 Å². The molecule has 0 aromatic heterocycles. The van der Waals surface area contributed by atoms with Crippen LogP contribution in [0.5, 0.6) is 0 Å². The molecule has 16 heavy (non-hydrogen) atoms. The van der Waals surface area contributed by atoms with Crippen LogP contribution in [0.15, 0.2) is 18.2 Å². The molecule has 1 atom stereocenters. The number of hydrogen-bond acceptors (Lipinski definition) is 1. The van der Waals surface area contributed by atoms with Gasteiger partial charge >= 0.3 is 0 Å². The molecule has 1 nitrogen and oxygen atoms in total. The summed E-state index contributed by atoms with van der Waals surface area (Å²) in [7, 11) is 0. The van der Waals surface area contributed by atoms with Crippen molar-refractivity contribution in [2.45, 2.75) is 33.2 Å². The summed E-state index contributed by atoms with van der Waals surface area (Å²) < 4.78 is 25.8. The lowest BCUT2D eigenvalue weighted by Gasteiger charge is -2.21. The van der Waals surface area contributed by atoms with Crippen molar-refractivity contribution in [3.63, 3.8) is 0 Å². The summed E-state index contributed by atoms with van der Waals surface area (Å²) >= 11 is 0. The molecule has 0 heterocycles. The average molecular weight is 227 g/mol. The van der Waals surface area contributed by atoms with E-state index in [1.807, 2.05) is 6.92 Å². The lowest BCUT2D eigenvalue weighted by Crippen LogP contribution is -2.35. The topological polar surface area (TPSA) is 12.0 Å². The third-order valence-electron chi connectivity index (χ3n) is 2.71. The molecule has 0 amide bonds. The third kappa shape index (κ3) is 3.56. The van der Waals surface area contributed by atoms with Gasteiger partial charge in [-0.15, -0.1) is 0 Å². The van der Waals surface area contributed by atoms with Crippen LogP contribution < -0.4 is 5.32 Å². The highest BCUT2D eigenvalue weighted by Crippen LogP contribution is 2.13. The molecule has 0 saturated carbocycles.